The summed E-state index contributed by atoms with van der Waals surface area (Å²) in [5.74, 6) is -3.36. The third-order valence-electron chi connectivity index (χ3n) is 5.38. The number of amides is 2. The molecule has 4 N–H and O–H groups in total. The van der Waals surface area contributed by atoms with Gasteiger partial charge in [-0.3, -0.25) is 14.4 Å². The van der Waals surface area contributed by atoms with Gasteiger partial charge in [-0.2, -0.15) is 0 Å². The molecule has 1 aromatic heterocycles. The first-order valence-electron chi connectivity index (χ1n) is 8.49. The molecule has 4 atom stereocenters. The Morgan fingerprint density at radius 1 is 1.24 bits per heavy atom. The van der Waals surface area contributed by atoms with Gasteiger partial charge in [0.05, 0.1) is 17.4 Å². The molecule has 1 fully saturated rings. The van der Waals surface area contributed by atoms with Crippen molar-refractivity contribution in [2.24, 2.45) is 29.4 Å². The second-order valence-corrected chi connectivity index (χ2v) is 7.95. The summed E-state index contributed by atoms with van der Waals surface area (Å²) in [5, 5.41) is 12.8. The molecule has 0 unspecified atom stereocenters. The van der Waals surface area contributed by atoms with Gasteiger partial charge in [-0.1, -0.05) is 19.1 Å². The van der Waals surface area contributed by atoms with Crippen LogP contribution in [0.3, 0.4) is 0 Å². The molecule has 134 valence electrons. The van der Waals surface area contributed by atoms with Crippen molar-refractivity contribution in [3.05, 3.63) is 28.2 Å². The number of hydrogen-bond acceptors (Lipinski definition) is 4. The van der Waals surface area contributed by atoms with Gasteiger partial charge < -0.3 is 16.2 Å². The summed E-state index contributed by atoms with van der Waals surface area (Å²) >= 11 is 1.32. The maximum atomic E-state index is 12.9. The Bertz CT molecular complexity index is 767. The summed E-state index contributed by atoms with van der Waals surface area (Å²) in [7, 11) is 0. The van der Waals surface area contributed by atoms with Crippen LogP contribution >= 0.6 is 11.3 Å². The molecule has 0 aliphatic heterocycles. The molecule has 0 saturated heterocycles. The van der Waals surface area contributed by atoms with E-state index >= 15 is 0 Å². The van der Waals surface area contributed by atoms with Gasteiger partial charge in [-0.15, -0.1) is 11.3 Å². The zero-order valence-corrected chi connectivity index (χ0v) is 15.1. The van der Waals surface area contributed by atoms with E-state index in [9.17, 15) is 19.5 Å². The maximum absolute atomic E-state index is 12.9. The Labute approximate surface area is 150 Å². The van der Waals surface area contributed by atoms with E-state index in [1.165, 1.54) is 11.3 Å². The Kier molecular flexibility index (Phi) is 4.69. The van der Waals surface area contributed by atoms with E-state index in [0.717, 1.165) is 23.3 Å². The van der Waals surface area contributed by atoms with Crippen molar-refractivity contribution >= 4 is 34.1 Å². The fourth-order valence-electron chi connectivity index (χ4n) is 4.24. The first kappa shape index (κ1) is 17.7. The van der Waals surface area contributed by atoms with E-state index in [1.54, 1.807) is 0 Å². The van der Waals surface area contributed by atoms with E-state index < -0.39 is 23.7 Å². The van der Waals surface area contributed by atoms with Gasteiger partial charge in [-0.05, 0) is 43.6 Å². The van der Waals surface area contributed by atoms with Gasteiger partial charge in [0.15, 0.2) is 0 Å². The Morgan fingerprint density at radius 2 is 1.84 bits per heavy atom. The molecule has 1 heterocycles. The largest absolute Gasteiger partial charge is 0.481 e. The number of aliphatic carboxylic acids is 1. The third kappa shape index (κ3) is 2.97. The van der Waals surface area contributed by atoms with E-state index in [4.69, 9.17) is 5.73 Å². The van der Waals surface area contributed by atoms with Gasteiger partial charge in [-0.25, -0.2) is 0 Å². The van der Waals surface area contributed by atoms with Gasteiger partial charge >= 0.3 is 5.97 Å². The molecule has 3 aliphatic carbocycles. The molecule has 0 aromatic carbocycles. The van der Waals surface area contributed by atoms with Gasteiger partial charge in [0.25, 0.3) is 5.91 Å². The first-order valence-corrected chi connectivity index (χ1v) is 9.30. The number of carboxylic acid groups (broad SMARTS) is 1. The van der Waals surface area contributed by atoms with Crippen LogP contribution in [0.25, 0.3) is 0 Å². The van der Waals surface area contributed by atoms with Crippen molar-refractivity contribution in [1.82, 2.24) is 0 Å². The highest BCUT2D eigenvalue weighted by Crippen LogP contribution is 2.46. The number of thiophene rings is 1. The van der Waals surface area contributed by atoms with Crippen LogP contribution in [0.5, 0.6) is 0 Å². The van der Waals surface area contributed by atoms with Crippen LogP contribution in [-0.2, 0) is 16.0 Å². The number of fused-ring (bicyclic) bond motifs is 2. The summed E-state index contributed by atoms with van der Waals surface area (Å²) in [6.07, 6.45) is 6.15. The summed E-state index contributed by atoms with van der Waals surface area (Å²) in [6, 6.07) is 0. The molecule has 6 nitrogen and oxygen atoms in total. The Hall–Kier alpha value is -2.15. The van der Waals surface area contributed by atoms with Crippen molar-refractivity contribution in [3.63, 3.8) is 0 Å². The van der Waals surface area contributed by atoms with E-state index in [2.05, 4.69) is 5.32 Å². The smallest absolute Gasteiger partial charge is 0.307 e. The average molecular weight is 362 g/mol. The molecule has 1 aromatic rings. The molecule has 0 radical (unpaired) electrons. The van der Waals surface area contributed by atoms with Crippen LogP contribution in [0.2, 0.25) is 0 Å². The second-order valence-electron chi connectivity index (χ2n) is 6.73. The number of rotatable bonds is 5. The Balaban J connectivity index is 1.91. The zero-order chi connectivity index (χ0) is 18.3. The zero-order valence-electron chi connectivity index (χ0n) is 14.2. The number of nitrogens with one attached hydrogen (secondary N) is 1. The maximum Gasteiger partial charge on any atom is 0.307 e. The molecular formula is C18H22N2O4S. The number of allylic oxidation sites excluding steroid dienone is 2. The molecule has 25 heavy (non-hydrogen) atoms. The van der Waals surface area contributed by atoms with Crippen LogP contribution < -0.4 is 11.1 Å². The van der Waals surface area contributed by atoms with Crippen molar-refractivity contribution in [3.8, 4) is 0 Å². The SMILES string of the molecule is CCc1c(C)sc(NC(=O)[C@H]2[C@@H](C(=O)O)[C@H]3C=C[C@@H]2CC3)c1C(N)=O. The van der Waals surface area contributed by atoms with Crippen molar-refractivity contribution < 1.29 is 19.5 Å². The highest BCUT2D eigenvalue weighted by Gasteiger charge is 2.48. The minimum Gasteiger partial charge on any atom is -0.481 e. The van der Waals surface area contributed by atoms with Crippen LogP contribution in [0.1, 0.15) is 40.6 Å². The fraction of sp³-hybridized carbons (Fsp3) is 0.500. The van der Waals surface area contributed by atoms with Crippen molar-refractivity contribution in [1.29, 1.82) is 0 Å². The molecular weight excluding hydrogens is 340 g/mol. The van der Waals surface area contributed by atoms with Crippen molar-refractivity contribution in [2.45, 2.75) is 33.1 Å². The lowest BCUT2D eigenvalue weighted by molar-refractivity contribution is -0.151. The topological polar surface area (TPSA) is 109 Å². The average Bonchev–Trinajstić information content (AvgIpc) is 2.90. The van der Waals surface area contributed by atoms with Gasteiger partial charge in [0.2, 0.25) is 5.91 Å². The molecule has 3 aliphatic rings. The second kappa shape index (κ2) is 6.63. The van der Waals surface area contributed by atoms with Crippen LogP contribution in [0, 0.1) is 30.6 Å². The lowest BCUT2D eigenvalue weighted by Crippen LogP contribution is -2.47. The number of anilines is 1. The number of carbonyl (C=O) groups is 3. The van der Waals surface area contributed by atoms with Gasteiger partial charge in [0.1, 0.15) is 5.00 Å². The highest BCUT2D eigenvalue weighted by atomic mass is 32.1. The van der Waals surface area contributed by atoms with E-state index in [-0.39, 0.29) is 17.7 Å². The third-order valence-corrected chi connectivity index (χ3v) is 6.44. The van der Waals surface area contributed by atoms with Crippen LogP contribution in [-0.4, -0.2) is 22.9 Å². The number of carboxylic acids is 1. The van der Waals surface area contributed by atoms with E-state index in [0.29, 0.717) is 17.0 Å². The number of hydrogen-bond donors (Lipinski definition) is 3. The minimum atomic E-state index is -0.939. The number of primary amides is 1. The summed E-state index contributed by atoms with van der Waals surface area (Å²) < 4.78 is 0. The molecule has 2 amide bonds. The summed E-state index contributed by atoms with van der Waals surface area (Å²) in [5.41, 5.74) is 6.69. The van der Waals surface area contributed by atoms with E-state index in [1.807, 2.05) is 26.0 Å². The molecule has 7 heteroatoms. The fourth-order valence-corrected chi connectivity index (χ4v) is 5.39. The van der Waals surface area contributed by atoms with Crippen LogP contribution in [0.15, 0.2) is 12.2 Å². The predicted octanol–water partition coefficient (Wildman–Crippen LogP) is 2.57. The predicted molar refractivity (Wildman–Crippen MR) is 95.6 cm³/mol. The monoisotopic (exact) mass is 362 g/mol. The number of aryl methyl sites for hydroxylation is 1. The quantitative estimate of drug-likeness (QED) is 0.699. The number of nitrogens with two attached hydrogens (primary N) is 1. The van der Waals surface area contributed by atoms with Crippen molar-refractivity contribution in [2.75, 3.05) is 5.32 Å². The lowest BCUT2D eigenvalue weighted by Gasteiger charge is -2.41. The molecule has 2 bridgehead atoms. The first-order chi connectivity index (χ1) is 11.8. The summed E-state index contributed by atoms with van der Waals surface area (Å²) in [4.78, 5) is 37.4. The number of carbonyl (C=O) groups excluding carboxylic acids is 2. The van der Waals surface area contributed by atoms with Crippen LogP contribution in [0.4, 0.5) is 5.00 Å². The molecule has 1 saturated carbocycles. The molecule has 0 spiro atoms. The van der Waals surface area contributed by atoms with Gasteiger partial charge in [0, 0.05) is 4.88 Å². The summed E-state index contributed by atoms with van der Waals surface area (Å²) in [6.45, 7) is 3.81. The molecule has 4 rings (SSSR count). The highest BCUT2D eigenvalue weighted by molar-refractivity contribution is 7.16. The minimum absolute atomic E-state index is 0.0742. The Morgan fingerprint density at radius 3 is 2.32 bits per heavy atom. The standard InChI is InChI=1S/C18H22N2O4S/c1-3-11-8(2)25-17(14(11)15(19)21)20-16(22)12-9-4-6-10(7-5-9)13(12)18(23)24/h4,6,9-10,12-13H,3,5,7H2,1-2H3,(H2,19,21)(H,20,22)(H,23,24)/t9-,10+,12-,13+/m1/s1. The normalized spacial score (nSPS) is 27.3. The lowest BCUT2D eigenvalue weighted by atomic mass is 9.62.